The minimum Gasteiger partial charge on any atom is -0.465 e. The Hall–Kier alpha value is -1.18. The molecular weight excluding hydrogens is 386 g/mol. The summed E-state index contributed by atoms with van der Waals surface area (Å²) in [5.74, 6) is -0.240. The largest absolute Gasteiger partial charge is 0.465 e. The molecule has 0 saturated heterocycles. The lowest BCUT2D eigenvalue weighted by atomic mass is 10.0. The van der Waals surface area contributed by atoms with Crippen LogP contribution in [0.1, 0.15) is 39.4 Å². The first kappa shape index (κ1) is 17.2. The predicted octanol–water partition coefficient (Wildman–Crippen LogP) is 4.81. The van der Waals surface area contributed by atoms with E-state index in [1.54, 1.807) is 0 Å². The number of anilines is 1. The maximum absolute atomic E-state index is 12.3. The molecule has 4 nitrogen and oxygen atoms in total. The highest BCUT2D eigenvalue weighted by Gasteiger charge is 2.23. The van der Waals surface area contributed by atoms with Crippen LogP contribution in [0.5, 0.6) is 0 Å². The van der Waals surface area contributed by atoms with Crippen LogP contribution in [0.15, 0.2) is 21.3 Å². The van der Waals surface area contributed by atoms with Crippen LogP contribution in [0.4, 0.5) is 5.00 Å². The van der Waals surface area contributed by atoms with Crippen molar-refractivity contribution in [2.45, 2.75) is 20.3 Å². The summed E-state index contributed by atoms with van der Waals surface area (Å²) in [7, 11) is 1.35. The number of halogens is 1. The summed E-state index contributed by atoms with van der Waals surface area (Å²) in [4.78, 5) is 25.0. The quantitative estimate of drug-likeness (QED) is 0.731. The number of rotatable bonds is 5. The number of ether oxygens (including phenoxy) is 1. The Bertz CT molecular complexity index is 691. The van der Waals surface area contributed by atoms with E-state index in [9.17, 15) is 9.59 Å². The summed E-state index contributed by atoms with van der Waals surface area (Å²) < 4.78 is 5.61. The number of methoxy groups -OCH3 is 1. The average molecular weight is 402 g/mol. The van der Waals surface area contributed by atoms with E-state index in [-0.39, 0.29) is 5.91 Å². The van der Waals surface area contributed by atoms with Crippen molar-refractivity contribution in [3.8, 4) is 0 Å². The third-order valence-electron chi connectivity index (χ3n) is 2.94. The van der Waals surface area contributed by atoms with Gasteiger partial charge in [-0.15, -0.1) is 22.7 Å². The van der Waals surface area contributed by atoms with Crippen LogP contribution >= 0.6 is 38.6 Å². The smallest absolute Gasteiger partial charge is 0.341 e. The highest BCUT2D eigenvalue weighted by atomic mass is 79.9. The van der Waals surface area contributed by atoms with Crippen molar-refractivity contribution in [3.05, 3.63) is 37.3 Å². The van der Waals surface area contributed by atoms with Crippen molar-refractivity contribution >= 4 is 55.5 Å². The first-order chi connectivity index (χ1) is 10.4. The molecule has 22 heavy (non-hydrogen) atoms. The van der Waals surface area contributed by atoms with E-state index in [1.165, 1.54) is 29.8 Å². The molecule has 118 valence electrons. The predicted molar refractivity (Wildman–Crippen MR) is 94.2 cm³/mol. The first-order valence-corrected chi connectivity index (χ1v) is 9.22. The van der Waals surface area contributed by atoms with E-state index < -0.39 is 5.97 Å². The minimum absolute atomic E-state index is 0.232. The molecule has 0 aliphatic heterocycles. The lowest BCUT2D eigenvalue weighted by Gasteiger charge is -2.08. The van der Waals surface area contributed by atoms with Gasteiger partial charge in [0.2, 0.25) is 0 Å². The summed E-state index contributed by atoms with van der Waals surface area (Å²) in [6.07, 6.45) is 0.763. The number of carbonyl (C=O) groups is 2. The summed E-state index contributed by atoms with van der Waals surface area (Å²) in [6.45, 7) is 4.17. The molecule has 1 N–H and O–H groups in total. The van der Waals surface area contributed by atoms with Gasteiger partial charge in [-0.2, -0.15) is 0 Å². The fourth-order valence-corrected chi connectivity index (χ4v) is 4.42. The lowest BCUT2D eigenvalue weighted by Crippen LogP contribution is -2.14. The Kier molecular flexibility index (Phi) is 5.77. The second-order valence-electron chi connectivity index (χ2n) is 5.11. The van der Waals surface area contributed by atoms with Crippen LogP contribution < -0.4 is 5.32 Å². The molecule has 0 bridgehead atoms. The van der Waals surface area contributed by atoms with E-state index in [0.29, 0.717) is 21.4 Å². The van der Waals surface area contributed by atoms with Gasteiger partial charge in [-0.3, -0.25) is 4.79 Å². The molecule has 0 unspecified atom stereocenters. The average Bonchev–Trinajstić information content (AvgIpc) is 3.04. The van der Waals surface area contributed by atoms with E-state index in [0.717, 1.165) is 16.5 Å². The van der Waals surface area contributed by atoms with Crippen molar-refractivity contribution in [3.63, 3.8) is 0 Å². The van der Waals surface area contributed by atoms with Gasteiger partial charge in [0, 0.05) is 4.47 Å². The van der Waals surface area contributed by atoms with Crippen molar-refractivity contribution in [2.75, 3.05) is 12.4 Å². The van der Waals surface area contributed by atoms with Crippen molar-refractivity contribution < 1.29 is 14.3 Å². The Balaban J connectivity index is 2.31. The van der Waals surface area contributed by atoms with Gasteiger partial charge in [-0.25, -0.2) is 4.79 Å². The van der Waals surface area contributed by atoms with Gasteiger partial charge in [0.1, 0.15) is 9.88 Å². The fourth-order valence-electron chi connectivity index (χ4n) is 2.02. The summed E-state index contributed by atoms with van der Waals surface area (Å²) >= 11 is 6.03. The van der Waals surface area contributed by atoms with Gasteiger partial charge in [-0.05, 0) is 50.7 Å². The van der Waals surface area contributed by atoms with Crippen molar-refractivity contribution in [2.24, 2.45) is 5.92 Å². The highest BCUT2D eigenvalue weighted by molar-refractivity contribution is 9.10. The third-order valence-corrected chi connectivity index (χ3v) is 5.72. The molecule has 0 aliphatic rings. The molecule has 0 aliphatic carbocycles. The molecule has 0 saturated carbocycles. The maximum atomic E-state index is 12.3. The molecule has 2 heterocycles. The van der Waals surface area contributed by atoms with Crippen LogP contribution in [0.3, 0.4) is 0 Å². The molecule has 0 atom stereocenters. The van der Waals surface area contributed by atoms with Gasteiger partial charge in [0.15, 0.2) is 0 Å². The zero-order chi connectivity index (χ0) is 16.3. The monoisotopic (exact) mass is 401 g/mol. The summed E-state index contributed by atoms with van der Waals surface area (Å²) in [5.41, 5.74) is 1.37. The molecule has 0 fully saturated rings. The molecule has 1 amide bonds. The Morgan fingerprint density at radius 1 is 1.36 bits per heavy atom. The first-order valence-electron chi connectivity index (χ1n) is 6.67. The number of hydrogen-bond donors (Lipinski definition) is 1. The number of carbonyl (C=O) groups excluding carboxylic acids is 2. The number of hydrogen-bond acceptors (Lipinski definition) is 5. The Morgan fingerprint density at radius 2 is 2.09 bits per heavy atom. The molecule has 0 radical (unpaired) electrons. The van der Waals surface area contributed by atoms with Crippen LogP contribution in [0, 0.1) is 5.92 Å². The van der Waals surface area contributed by atoms with Crippen LogP contribution in [0.2, 0.25) is 0 Å². The van der Waals surface area contributed by atoms with Crippen molar-refractivity contribution in [1.29, 1.82) is 0 Å². The zero-order valence-corrected chi connectivity index (χ0v) is 15.7. The highest BCUT2D eigenvalue weighted by Crippen LogP contribution is 2.32. The Labute approximate surface area is 145 Å². The second kappa shape index (κ2) is 7.39. The van der Waals surface area contributed by atoms with Gasteiger partial charge in [0.05, 0.1) is 12.7 Å². The van der Waals surface area contributed by atoms with Gasteiger partial charge in [0.25, 0.3) is 5.91 Å². The van der Waals surface area contributed by atoms with Gasteiger partial charge < -0.3 is 10.1 Å². The van der Waals surface area contributed by atoms with Crippen LogP contribution in [-0.4, -0.2) is 19.0 Å². The number of esters is 1. The normalized spacial score (nSPS) is 10.8. The van der Waals surface area contributed by atoms with E-state index >= 15 is 0 Å². The van der Waals surface area contributed by atoms with Crippen LogP contribution in [-0.2, 0) is 11.2 Å². The minimum atomic E-state index is -0.419. The molecule has 2 aromatic heterocycles. The third kappa shape index (κ3) is 3.77. The molecule has 2 rings (SSSR count). The standard InChI is InChI=1S/C15H16BrNO3S2/c1-8(2)6-9-7-22-14(11(9)15(19)20-3)17-13(18)12-10(16)4-5-21-12/h4-5,7-8H,6H2,1-3H3,(H,17,18). The molecule has 2 aromatic rings. The molecular formula is C15H16BrNO3S2. The molecule has 0 aromatic carbocycles. The molecule has 0 spiro atoms. The van der Waals surface area contributed by atoms with E-state index in [2.05, 4.69) is 35.1 Å². The van der Waals surface area contributed by atoms with Gasteiger partial charge in [-0.1, -0.05) is 13.8 Å². The summed E-state index contributed by atoms with van der Waals surface area (Å²) in [6, 6.07) is 1.82. The fraction of sp³-hybridized carbons (Fsp3) is 0.333. The maximum Gasteiger partial charge on any atom is 0.341 e. The number of thiophene rings is 2. The van der Waals surface area contributed by atoms with E-state index in [1.807, 2.05) is 16.8 Å². The Morgan fingerprint density at radius 3 is 2.64 bits per heavy atom. The van der Waals surface area contributed by atoms with Crippen LogP contribution in [0.25, 0.3) is 0 Å². The number of nitrogens with one attached hydrogen (secondary N) is 1. The zero-order valence-electron chi connectivity index (χ0n) is 12.4. The molecule has 7 heteroatoms. The summed E-state index contributed by atoms with van der Waals surface area (Å²) in [5, 5.41) is 7.10. The SMILES string of the molecule is COC(=O)c1c(CC(C)C)csc1NC(=O)c1sccc1Br. The topological polar surface area (TPSA) is 55.4 Å². The van der Waals surface area contributed by atoms with Crippen molar-refractivity contribution in [1.82, 2.24) is 0 Å². The van der Waals surface area contributed by atoms with E-state index in [4.69, 9.17) is 4.74 Å². The lowest BCUT2D eigenvalue weighted by molar-refractivity contribution is 0.0601. The number of amides is 1. The second-order valence-corrected chi connectivity index (χ2v) is 7.76. The van der Waals surface area contributed by atoms with Gasteiger partial charge >= 0.3 is 5.97 Å².